The summed E-state index contributed by atoms with van der Waals surface area (Å²) in [6, 6.07) is 8.03. The van der Waals surface area contributed by atoms with Gasteiger partial charge >= 0.3 is 6.01 Å². The smallest absolute Gasteiger partial charge is 0.315 e. The Morgan fingerprint density at radius 2 is 1.94 bits per heavy atom. The third-order valence-corrected chi connectivity index (χ3v) is 2.60. The molecule has 0 aliphatic carbocycles. The van der Waals surface area contributed by atoms with Gasteiger partial charge in [0.25, 0.3) is 0 Å². The Bertz CT molecular complexity index is 483. The molecule has 0 saturated carbocycles. The van der Waals surface area contributed by atoms with E-state index in [1.54, 1.807) is 0 Å². The van der Waals surface area contributed by atoms with Crippen LogP contribution in [0, 0.1) is 0 Å². The number of hydrogen-bond donors (Lipinski definition) is 2. The van der Waals surface area contributed by atoms with E-state index in [4.69, 9.17) is 16.0 Å². The summed E-state index contributed by atoms with van der Waals surface area (Å²) in [5.41, 5.74) is 1.10. The van der Waals surface area contributed by atoms with Crippen molar-refractivity contribution in [3.05, 3.63) is 40.7 Å². The van der Waals surface area contributed by atoms with Gasteiger partial charge < -0.3 is 15.1 Å². The van der Waals surface area contributed by atoms with Crippen LogP contribution in [-0.2, 0) is 13.1 Å². The van der Waals surface area contributed by atoms with E-state index in [2.05, 4.69) is 20.8 Å². The zero-order valence-electron chi connectivity index (χ0n) is 10.1. The molecule has 0 radical (unpaired) electrons. The van der Waals surface area contributed by atoms with Crippen molar-refractivity contribution in [1.82, 2.24) is 15.5 Å². The van der Waals surface area contributed by atoms with Crippen molar-refractivity contribution in [1.29, 1.82) is 0 Å². The Kier molecular flexibility index (Phi) is 4.55. The molecule has 1 heterocycles. The fraction of sp³-hybridized carbons (Fsp3) is 0.333. The fourth-order valence-electron chi connectivity index (χ4n) is 1.41. The molecule has 18 heavy (non-hydrogen) atoms. The molecule has 1 aromatic heterocycles. The minimum absolute atomic E-state index is 0.429. The van der Waals surface area contributed by atoms with Crippen molar-refractivity contribution in [3.63, 3.8) is 0 Å². The number of aromatic nitrogens is 2. The molecule has 0 bridgehead atoms. The highest BCUT2D eigenvalue weighted by atomic mass is 35.5. The van der Waals surface area contributed by atoms with E-state index in [1.807, 2.05) is 31.2 Å². The van der Waals surface area contributed by atoms with E-state index in [9.17, 15) is 0 Å². The second kappa shape index (κ2) is 6.37. The maximum absolute atomic E-state index is 5.81. The van der Waals surface area contributed by atoms with Gasteiger partial charge in [0.05, 0.1) is 6.54 Å². The summed E-state index contributed by atoms with van der Waals surface area (Å²) in [5, 5.41) is 14.7. The lowest BCUT2D eigenvalue weighted by Gasteiger charge is -2.01. The molecule has 1 aromatic carbocycles. The van der Waals surface area contributed by atoms with Gasteiger partial charge in [0.15, 0.2) is 0 Å². The lowest BCUT2D eigenvalue weighted by Crippen LogP contribution is -2.11. The molecule has 0 spiro atoms. The van der Waals surface area contributed by atoms with Crippen molar-refractivity contribution >= 4 is 17.6 Å². The molecule has 96 valence electrons. The molecule has 5 nitrogen and oxygen atoms in total. The molecule has 0 fully saturated rings. The van der Waals surface area contributed by atoms with Crippen LogP contribution in [0.2, 0.25) is 5.02 Å². The standard InChI is InChI=1S/C12H15ClN4O/c1-2-14-8-11-16-17-12(18-11)15-7-9-3-5-10(13)6-4-9/h3-6,14H,2,7-8H2,1H3,(H,15,17). The van der Waals surface area contributed by atoms with E-state index in [1.165, 1.54) is 0 Å². The molecule has 0 saturated heterocycles. The Balaban J connectivity index is 1.86. The number of halogens is 1. The number of anilines is 1. The minimum Gasteiger partial charge on any atom is -0.407 e. The monoisotopic (exact) mass is 266 g/mol. The van der Waals surface area contributed by atoms with Crippen LogP contribution in [0.3, 0.4) is 0 Å². The summed E-state index contributed by atoms with van der Waals surface area (Å²) in [5.74, 6) is 0.579. The zero-order valence-corrected chi connectivity index (χ0v) is 10.9. The molecule has 0 unspecified atom stereocenters. The van der Waals surface area contributed by atoms with Gasteiger partial charge in [-0.2, -0.15) is 0 Å². The highest BCUT2D eigenvalue weighted by Gasteiger charge is 2.04. The highest BCUT2D eigenvalue weighted by molar-refractivity contribution is 6.30. The molecule has 2 N–H and O–H groups in total. The van der Waals surface area contributed by atoms with Gasteiger partial charge in [-0.3, -0.25) is 0 Å². The SMILES string of the molecule is CCNCc1nnc(NCc2ccc(Cl)cc2)o1. The van der Waals surface area contributed by atoms with Crippen molar-refractivity contribution in [2.75, 3.05) is 11.9 Å². The molecular formula is C12H15ClN4O. The van der Waals surface area contributed by atoms with Gasteiger partial charge in [-0.05, 0) is 24.2 Å². The zero-order chi connectivity index (χ0) is 12.8. The van der Waals surface area contributed by atoms with E-state index in [-0.39, 0.29) is 0 Å². The first-order valence-corrected chi connectivity index (χ1v) is 6.17. The van der Waals surface area contributed by atoms with Crippen LogP contribution >= 0.6 is 11.6 Å². The average molecular weight is 267 g/mol. The van der Waals surface area contributed by atoms with E-state index >= 15 is 0 Å². The summed E-state index contributed by atoms with van der Waals surface area (Å²) in [6.07, 6.45) is 0. The van der Waals surface area contributed by atoms with Gasteiger partial charge in [0.2, 0.25) is 5.89 Å². The summed E-state index contributed by atoms with van der Waals surface area (Å²) in [7, 11) is 0. The van der Waals surface area contributed by atoms with Crippen molar-refractivity contribution in [3.8, 4) is 0 Å². The molecule has 2 aromatic rings. The van der Waals surface area contributed by atoms with Crippen LogP contribution < -0.4 is 10.6 Å². The maximum atomic E-state index is 5.81. The maximum Gasteiger partial charge on any atom is 0.315 e. The second-order valence-electron chi connectivity index (χ2n) is 3.76. The van der Waals surface area contributed by atoms with Crippen LogP contribution in [-0.4, -0.2) is 16.7 Å². The topological polar surface area (TPSA) is 63.0 Å². The van der Waals surface area contributed by atoms with Crippen LogP contribution in [0.1, 0.15) is 18.4 Å². The lowest BCUT2D eigenvalue weighted by molar-refractivity contribution is 0.481. The number of hydrogen-bond acceptors (Lipinski definition) is 5. The third kappa shape index (κ3) is 3.72. The highest BCUT2D eigenvalue weighted by Crippen LogP contribution is 2.11. The van der Waals surface area contributed by atoms with E-state index < -0.39 is 0 Å². The number of benzene rings is 1. The molecule has 6 heteroatoms. The largest absolute Gasteiger partial charge is 0.407 e. The predicted octanol–water partition coefficient (Wildman–Crippen LogP) is 2.44. The summed E-state index contributed by atoms with van der Waals surface area (Å²) in [4.78, 5) is 0. The van der Waals surface area contributed by atoms with Crippen molar-refractivity contribution in [2.45, 2.75) is 20.0 Å². The Labute approximate surface area is 111 Å². The van der Waals surface area contributed by atoms with E-state index in [0.717, 1.165) is 17.1 Å². The Hall–Kier alpha value is -1.59. The molecule has 2 rings (SSSR count). The third-order valence-electron chi connectivity index (χ3n) is 2.35. The number of nitrogens with one attached hydrogen (secondary N) is 2. The van der Waals surface area contributed by atoms with Crippen LogP contribution in [0.15, 0.2) is 28.7 Å². The fourth-order valence-corrected chi connectivity index (χ4v) is 1.53. The Morgan fingerprint density at radius 1 is 1.17 bits per heavy atom. The summed E-state index contributed by atoms with van der Waals surface area (Å²) >= 11 is 5.81. The molecule has 0 aliphatic heterocycles. The van der Waals surface area contributed by atoms with Gasteiger partial charge in [-0.1, -0.05) is 35.8 Å². The molecule has 0 aliphatic rings. The number of nitrogens with zero attached hydrogens (tertiary/aromatic N) is 2. The first-order chi connectivity index (χ1) is 8.78. The van der Waals surface area contributed by atoms with E-state index in [0.29, 0.717) is 25.0 Å². The van der Waals surface area contributed by atoms with Gasteiger partial charge in [-0.25, -0.2) is 0 Å². The second-order valence-corrected chi connectivity index (χ2v) is 4.20. The predicted molar refractivity (Wildman–Crippen MR) is 70.5 cm³/mol. The number of rotatable bonds is 6. The van der Waals surface area contributed by atoms with Gasteiger partial charge in [-0.15, -0.1) is 5.10 Å². The Morgan fingerprint density at radius 3 is 2.67 bits per heavy atom. The van der Waals surface area contributed by atoms with Crippen LogP contribution in [0.4, 0.5) is 6.01 Å². The summed E-state index contributed by atoms with van der Waals surface area (Å²) in [6.45, 7) is 4.11. The van der Waals surface area contributed by atoms with Crippen molar-refractivity contribution < 1.29 is 4.42 Å². The van der Waals surface area contributed by atoms with Crippen molar-refractivity contribution in [2.24, 2.45) is 0 Å². The van der Waals surface area contributed by atoms with Gasteiger partial charge in [0.1, 0.15) is 0 Å². The molecule has 0 atom stereocenters. The molecule has 0 amide bonds. The quantitative estimate of drug-likeness (QED) is 0.841. The van der Waals surface area contributed by atoms with Gasteiger partial charge in [0, 0.05) is 11.6 Å². The first-order valence-electron chi connectivity index (χ1n) is 5.79. The summed E-state index contributed by atoms with van der Waals surface area (Å²) < 4.78 is 5.41. The lowest BCUT2D eigenvalue weighted by atomic mass is 10.2. The average Bonchev–Trinajstić information content (AvgIpc) is 2.84. The normalized spacial score (nSPS) is 10.6. The minimum atomic E-state index is 0.429. The molecular weight excluding hydrogens is 252 g/mol. The van der Waals surface area contributed by atoms with Crippen LogP contribution in [0.25, 0.3) is 0 Å². The van der Waals surface area contributed by atoms with Crippen LogP contribution in [0.5, 0.6) is 0 Å². The first kappa shape index (κ1) is 12.9.